The van der Waals surface area contributed by atoms with Crippen LogP contribution in [-0.4, -0.2) is 56.7 Å². The Morgan fingerprint density at radius 1 is 0.800 bits per heavy atom. The maximum absolute atomic E-state index is 12.8. The molecule has 0 saturated carbocycles. The van der Waals surface area contributed by atoms with Crippen LogP contribution < -0.4 is 10.2 Å². The average Bonchev–Trinajstić information content (AvgIpc) is 3.38. The van der Waals surface area contributed by atoms with Gasteiger partial charge in [0.1, 0.15) is 0 Å². The van der Waals surface area contributed by atoms with Gasteiger partial charge in [-0.2, -0.15) is 0 Å². The van der Waals surface area contributed by atoms with Gasteiger partial charge in [0.15, 0.2) is 11.5 Å². The summed E-state index contributed by atoms with van der Waals surface area (Å²) in [6.07, 6.45) is 0. The highest BCUT2D eigenvalue weighted by molar-refractivity contribution is 5.93. The number of amides is 2. The molecule has 8 heteroatoms. The zero-order chi connectivity index (χ0) is 23.6. The third-order valence-corrected chi connectivity index (χ3v) is 6.40. The van der Waals surface area contributed by atoms with Crippen molar-refractivity contribution in [2.75, 3.05) is 31.1 Å². The van der Waals surface area contributed by atoms with Crippen LogP contribution in [0.2, 0.25) is 0 Å². The van der Waals surface area contributed by atoms with Crippen LogP contribution in [0.4, 0.5) is 10.7 Å². The summed E-state index contributed by atoms with van der Waals surface area (Å²) in [6.45, 7) is 3.09. The summed E-state index contributed by atoms with van der Waals surface area (Å²) in [5.41, 5.74) is 3.73. The molecule has 35 heavy (non-hydrogen) atoms. The van der Waals surface area contributed by atoms with Crippen LogP contribution in [0.3, 0.4) is 0 Å². The number of urea groups is 1. The Morgan fingerprint density at radius 2 is 1.49 bits per heavy atom. The number of fused-ring (bicyclic) bond motifs is 3. The normalized spacial score (nSPS) is 13.9. The molecule has 2 aromatic heterocycles. The molecule has 3 heterocycles. The highest BCUT2D eigenvalue weighted by Gasteiger charge is 2.25. The van der Waals surface area contributed by atoms with E-state index in [2.05, 4.69) is 20.4 Å². The second-order valence-corrected chi connectivity index (χ2v) is 8.60. The molecule has 1 aliphatic heterocycles. The van der Waals surface area contributed by atoms with Gasteiger partial charge in [-0.05, 0) is 17.7 Å². The van der Waals surface area contributed by atoms with E-state index in [0.29, 0.717) is 32.7 Å². The third-order valence-electron chi connectivity index (χ3n) is 6.40. The van der Waals surface area contributed by atoms with Crippen LogP contribution in [0.15, 0.2) is 84.9 Å². The molecule has 1 fully saturated rings. The Balaban J connectivity index is 1.28. The van der Waals surface area contributed by atoms with Crippen LogP contribution in [-0.2, 0) is 6.54 Å². The number of carbonyl (C=O) groups excluding carboxylic acids is 1. The zero-order valence-corrected chi connectivity index (χ0v) is 19.2. The molecule has 1 saturated heterocycles. The third kappa shape index (κ3) is 4.03. The summed E-state index contributed by atoms with van der Waals surface area (Å²) in [7, 11) is 0. The van der Waals surface area contributed by atoms with Crippen LogP contribution >= 0.6 is 0 Å². The number of hydrogen-bond donors (Lipinski definition) is 1. The molecule has 0 atom stereocenters. The first-order valence-corrected chi connectivity index (χ1v) is 11.8. The predicted molar refractivity (Wildman–Crippen MR) is 136 cm³/mol. The van der Waals surface area contributed by atoms with Crippen molar-refractivity contribution in [2.24, 2.45) is 0 Å². The van der Waals surface area contributed by atoms with Crippen molar-refractivity contribution in [2.45, 2.75) is 6.54 Å². The molecule has 1 aliphatic rings. The SMILES string of the molecule is O=C(NCc1ccccc1)N1CCN(c2nc3ccccc3c3nnc(-c4ccccc4)n23)CC1. The summed E-state index contributed by atoms with van der Waals surface area (Å²) >= 11 is 0. The van der Waals surface area contributed by atoms with Crippen molar-refractivity contribution in [1.29, 1.82) is 0 Å². The molecular formula is C27H25N7O. The van der Waals surface area contributed by atoms with E-state index >= 15 is 0 Å². The molecule has 0 aliphatic carbocycles. The van der Waals surface area contributed by atoms with E-state index in [9.17, 15) is 4.79 Å². The first-order valence-electron chi connectivity index (χ1n) is 11.8. The summed E-state index contributed by atoms with van der Waals surface area (Å²) in [5, 5.41) is 13.1. The molecule has 0 radical (unpaired) electrons. The fourth-order valence-corrected chi connectivity index (χ4v) is 4.55. The number of carbonyl (C=O) groups is 1. The second kappa shape index (κ2) is 9.06. The predicted octanol–water partition coefficient (Wildman–Crippen LogP) is 3.98. The van der Waals surface area contributed by atoms with E-state index in [1.54, 1.807) is 0 Å². The summed E-state index contributed by atoms with van der Waals surface area (Å²) in [5.74, 6) is 1.56. The molecule has 174 valence electrons. The van der Waals surface area contributed by atoms with Gasteiger partial charge in [-0.15, -0.1) is 10.2 Å². The van der Waals surface area contributed by atoms with Crippen LogP contribution in [0.1, 0.15) is 5.56 Å². The quantitative estimate of drug-likeness (QED) is 0.436. The van der Waals surface area contributed by atoms with E-state index < -0.39 is 0 Å². The number of aromatic nitrogens is 4. The van der Waals surface area contributed by atoms with Gasteiger partial charge >= 0.3 is 6.03 Å². The van der Waals surface area contributed by atoms with Crippen molar-refractivity contribution in [3.05, 3.63) is 90.5 Å². The highest BCUT2D eigenvalue weighted by Crippen LogP contribution is 2.28. The standard InChI is InChI=1S/C27H25N7O/c35-27(28-19-20-9-3-1-4-10-20)33-17-15-32(16-18-33)26-29-23-14-8-7-13-22(23)25-31-30-24(34(25)26)21-11-5-2-6-12-21/h1-14H,15-19H2,(H,28,35). The first-order chi connectivity index (χ1) is 17.3. The van der Waals surface area contributed by atoms with E-state index in [1.807, 2.05) is 94.2 Å². The molecule has 0 unspecified atom stereocenters. The second-order valence-electron chi connectivity index (χ2n) is 8.60. The smallest absolute Gasteiger partial charge is 0.317 e. The number of anilines is 1. The molecule has 3 aromatic carbocycles. The van der Waals surface area contributed by atoms with Gasteiger partial charge in [0.25, 0.3) is 0 Å². The van der Waals surface area contributed by atoms with Crippen LogP contribution in [0, 0.1) is 0 Å². The van der Waals surface area contributed by atoms with E-state index in [-0.39, 0.29) is 6.03 Å². The molecule has 2 amide bonds. The Labute approximate surface area is 202 Å². The largest absolute Gasteiger partial charge is 0.338 e. The van der Waals surface area contributed by atoms with Gasteiger partial charge in [0, 0.05) is 43.7 Å². The molecule has 6 rings (SSSR count). The van der Waals surface area contributed by atoms with Crippen molar-refractivity contribution in [3.63, 3.8) is 0 Å². The van der Waals surface area contributed by atoms with Crippen molar-refractivity contribution in [3.8, 4) is 11.4 Å². The molecule has 1 N–H and O–H groups in total. The van der Waals surface area contributed by atoms with Gasteiger partial charge < -0.3 is 15.1 Å². The minimum absolute atomic E-state index is 0.0422. The Morgan fingerprint density at radius 3 is 2.26 bits per heavy atom. The first kappa shape index (κ1) is 21.1. The summed E-state index contributed by atoms with van der Waals surface area (Å²) in [6, 6.07) is 28.0. The number of para-hydroxylation sites is 1. The fourth-order valence-electron chi connectivity index (χ4n) is 4.55. The minimum atomic E-state index is -0.0422. The zero-order valence-electron chi connectivity index (χ0n) is 19.2. The van der Waals surface area contributed by atoms with Crippen molar-refractivity contribution < 1.29 is 4.79 Å². The number of benzene rings is 3. The fraction of sp³-hybridized carbons (Fsp3) is 0.185. The number of piperazine rings is 1. The average molecular weight is 464 g/mol. The number of nitrogens with one attached hydrogen (secondary N) is 1. The summed E-state index contributed by atoms with van der Waals surface area (Å²) < 4.78 is 2.04. The van der Waals surface area contributed by atoms with Gasteiger partial charge in [-0.3, -0.25) is 0 Å². The lowest BCUT2D eigenvalue weighted by molar-refractivity contribution is 0.193. The van der Waals surface area contributed by atoms with Crippen molar-refractivity contribution in [1.82, 2.24) is 29.8 Å². The number of nitrogens with zero attached hydrogens (tertiary/aromatic N) is 6. The van der Waals surface area contributed by atoms with Gasteiger partial charge in [-0.1, -0.05) is 72.8 Å². The van der Waals surface area contributed by atoms with E-state index in [0.717, 1.165) is 39.4 Å². The topological polar surface area (TPSA) is 78.7 Å². The molecule has 5 aromatic rings. The monoisotopic (exact) mass is 463 g/mol. The minimum Gasteiger partial charge on any atom is -0.338 e. The maximum atomic E-state index is 12.8. The lowest BCUT2D eigenvalue weighted by Gasteiger charge is -2.35. The highest BCUT2D eigenvalue weighted by atomic mass is 16.2. The number of rotatable bonds is 4. The van der Waals surface area contributed by atoms with Crippen LogP contribution in [0.5, 0.6) is 0 Å². The van der Waals surface area contributed by atoms with E-state index in [1.165, 1.54) is 0 Å². The van der Waals surface area contributed by atoms with Gasteiger partial charge in [0.05, 0.1) is 5.52 Å². The Hall–Kier alpha value is -4.46. The maximum Gasteiger partial charge on any atom is 0.317 e. The Kier molecular flexibility index (Phi) is 5.46. The van der Waals surface area contributed by atoms with Gasteiger partial charge in [-0.25, -0.2) is 14.2 Å². The summed E-state index contributed by atoms with van der Waals surface area (Å²) in [4.78, 5) is 21.9. The van der Waals surface area contributed by atoms with Crippen LogP contribution in [0.25, 0.3) is 27.9 Å². The van der Waals surface area contributed by atoms with Gasteiger partial charge in [0.2, 0.25) is 5.95 Å². The number of hydrogen-bond acceptors (Lipinski definition) is 5. The molecule has 8 nitrogen and oxygen atoms in total. The molecular weight excluding hydrogens is 438 g/mol. The Bertz CT molecular complexity index is 1480. The van der Waals surface area contributed by atoms with Crippen molar-refractivity contribution >= 4 is 28.5 Å². The lowest BCUT2D eigenvalue weighted by atomic mass is 10.2. The van der Waals surface area contributed by atoms with E-state index in [4.69, 9.17) is 4.98 Å². The molecule has 0 bridgehead atoms. The molecule has 0 spiro atoms. The lowest BCUT2D eigenvalue weighted by Crippen LogP contribution is -2.52.